The molecule has 1 aliphatic rings. The van der Waals surface area contributed by atoms with Gasteiger partial charge >= 0.3 is 0 Å². The van der Waals surface area contributed by atoms with Crippen LogP contribution in [-0.2, 0) is 17.1 Å². The average molecular weight is 171 g/mol. The minimum atomic E-state index is 0. The third kappa shape index (κ3) is 4.63. The molecule has 1 N–H and O–H groups in total. The van der Waals surface area contributed by atoms with E-state index in [2.05, 4.69) is 5.32 Å². The van der Waals surface area contributed by atoms with E-state index in [9.17, 15) is 0 Å². The quantitative estimate of drug-likeness (QED) is 0.531. The van der Waals surface area contributed by atoms with Crippen LogP contribution in [-0.4, -0.2) is 13.1 Å². The summed E-state index contributed by atoms with van der Waals surface area (Å²) in [7, 11) is 0. The van der Waals surface area contributed by atoms with Gasteiger partial charge in [-0.05, 0) is 25.9 Å². The van der Waals surface area contributed by atoms with Gasteiger partial charge in [0.1, 0.15) is 0 Å². The summed E-state index contributed by atoms with van der Waals surface area (Å²) in [5.41, 5.74) is 0. The van der Waals surface area contributed by atoms with Gasteiger partial charge in [-0.3, -0.25) is 0 Å². The molecule has 0 aromatic carbocycles. The van der Waals surface area contributed by atoms with Crippen molar-refractivity contribution in [3.63, 3.8) is 0 Å². The molecule has 1 aliphatic heterocycles. The van der Waals surface area contributed by atoms with Gasteiger partial charge in [0.05, 0.1) is 0 Å². The van der Waals surface area contributed by atoms with Crippen molar-refractivity contribution < 1.29 is 17.1 Å². The molecule has 49 valence electrons. The Morgan fingerprint density at radius 1 is 1.00 bits per heavy atom. The van der Waals surface area contributed by atoms with Crippen molar-refractivity contribution in [1.82, 2.24) is 5.32 Å². The summed E-state index contributed by atoms with van der Waals surface area (Å²) < 4.78 is 0. The predicted octanol–water partition coefficient (Wildman–Crippen LogP) is 0.789. The van der Waals surface area contributed by atoms with Crippen molar-refractivity contribution in [3.05, 3.63) is 0 Å². The van der Waals surface area contributed by atoms with Gasteiger partial charge in [0.2, 0.25) is 0 Å². The molecule has 1 radical (unpaired) electrons. The predicted molar refractivity (Wildman–Crippen MR) is 29.4 cm³/mol. The fourth-order valence-corrected chi connectivity index (χ4v) is 0.625. The van der Waals surface area contributed by atoms with Gasteiger partial charge < -0.3 is 5.32 Å². The van der Waals surface area contributed by atoms with Crippen LogP contribution in [0.5, 0.6) is 0 Å². The van der Waals surface area contributed by atoms with Gasteiger partial charge in [0, 0.05) is 17.1 Å². The van der Waals surface area contributed by atoms with Crippen LogP contribution in [0.3, 0.4) is 0 Å². The van der Waals surface area contributed by atoms with E-state index >= 15 is 0 Å². The zero-order valence-electron chi connectivity index (χ0n) is 4.04. The molecule has 7 heavy (non-hydrogen) atoms. The minimum Gasteiger partial charge on any atom is -0.317 e. The maximum absolute atomic E-state index is 3.22. The first-order valence-electron chi connectivity index (χ1n) is 2.21. The Balaban J connectivity index is 0. The number of hydrogen-bond acceptors (Lipinski definition) is 1. The molecule has 1 fully saturated rings. The number of hydrogen-bond donors (Lipinski definition) is 1. The third-order valence-electron chi connectivity index (χ3n) is 0.957. The van der Waals surface area contributed by atoms with Crippen LogP contribution in [0.25, 0.3) is 0 Å². The van der Waals surface area contributed by atoms with Crippen LogP contribution in [0.1, 0.15) is 12.8 Å². The topological polar surface area (TPSA) is 12.0 Å². The van der Waals surface area contributed by atoms with Gasteiger partial charge in [-0.2, -0.15) is 0 Å². The van der Waals surface area contributed by atoms with Gasteiger partial charge in [0.15, 0.2) is 0 Å². The normalized spacial score (nSPS) is 17.1. The number of rotatable bonds is 0. The molecule has 0 aromatic heterocycles. The molecule has 0 atom stereocenters. The van der Waals surface area contributed by atoms with Crippen LogP contribution in [0.15, 0.2) is 0 Å². The largest absolute Gasteiger partial charge is 0.317 e. The number of halogens is 1. The van der Waals surface area contributed by atoms with E-state index < -0.39 is 0 Å². The molecule has 0 spiro atoms. The van der Waals surface area contributed by atoms with Gasteiger partial charge in [-0.25, -0.2) is 0 Å². The van der Waals surface area contributed by atoms with Gasteiger partial charge in [-0.15, -0.1) is 12.4 Å². The van der Waals surface area contributed by atoms with E-state index in [0.29, 0.717) is 0 Å². The second kappa shape index (κ2) is 6.77. The van der Waals surface area contributed by atoms with Crippen LogP contribution in [0.2, 0.25) is 0 Å². The Kier molecular flexibility index (Phi) is 10.3. The molecule has 1 saturated heterocycles. The van der Waals surface area contributed by atoms with E-state index in [0.717, 1.165) is 0 Å². The summed E-state index contributed by atoms with van der Waals surface area (Å²) in [5.74, 6) is 0. The molecule has 0 unspecified atom stereocenters. The van der Waals surface area contributed by atoms with Crippen molar-refractivity contribution in [3.8, 4) is 0 Å². The van der Waals surface area contributed by atoms with Gasteiger partial charge in [0.25, 0.3) is 0 Å². The first-order chi connectivity index (χ1) is 2.50. The summed E-state index contributed by atoms with van der Waals surface area (Å²) in [6, 6.07) is 0. The maximum Gasteiger partial charge on any atom is 0 e. The summed E-state index contributed by atoms with van der Waals surface area (Å²) in [5, 5.41) is 3.22. The molecular weight excluding hydrogens is 161 g/mol. The Bertz CT molecular complexity index is 23.3. The zero-order chi connectivity index (χ0) is 3.54. The molecule has 0 saturated carbocycles. The average Bonchev–Trinajstić information content (AvgIpc) is 1.76. The minimum absolute atomic E-state index is 0. The van der Waals surface area contributed by atoms with Gasteiger partial charge in [-0.1, -0.05) is 0 Å². The van der Waals surface area contributed by atoms with E-state index in [1.54, 1.807) is 0 Å². The molecule has 0 bridgehead atoms. The van der Waals surface area contributed by atoms with Crippen LogP contribution >= 0.6 is 12.4 Å². The van der Waals surface area contributed by atoms with E-state index in [-0.39, 0.29) is 29.5 Å². The second-order valence-electron chi connectivity index (χ2n) is 1.46. The molecule has 1 nitrogen and oxygen atoms in total. The molecule has 1 rings (SSSR count). The van der Waals surface area contributed by atoms with Crippen LogP contribution in [0.4, 0.5) is 0 Å². The molecular formula is C4H10ClCuN. The van der Waals surface area contributed by atoms with Crippen molar-refractivity contribution >= 4 is 12.4 Å². The Morgan fingerprint density at radius 2 is 1.43 bits per heavy atom. The monoisotopic (exact) mass is 170 g/mol. The fourth-order valence-electron chi connectivity index (χ4n) is 0.625. The molecule has 1 heterocycles. The summed E-state index contributed by atoms with van der Waals surface area (Å²) in [6.07, 6.45) is 2.78. The Morgan fingerprint density at radius 3 is 1.57 bits per heavy atom. The fraction of sp³-hybridized carbons (Fsp3) is 1.00. The Hall–Kier alpha value is 0.769. The maximum atomic E-state index is 3.22. The van der Waals surface area contributed by atoms with E-state index in [4.69, 9.17) is 0 Å². The van der Waals surface area contributed by atoms with Crippen LogP contribution in [0, 0.1) is 0 Å². The number of nitrogens with one attached hydrogen (secondary N) is 1. The molecule has 3 heteroatoms. The molecule has 0 aromatic rings. The van der Waals surface area contributed by atoms with Crippen molar-refractivity contribution in [1.29, 1.82) is 0 Å². The van der Waals surface area contributed by atoms with Crippen LogP contribution < -0.4 is 5.32 Å². The zero-order valence-corrected chi connectivity index (χ0v) is 5.80. The van der Waals surface area contributed by atoms with Crippen molar-refractivity contribution in [2.75, 3.05) is 13.1 Å². The second-order valence-corrected chi connectivity index (χ2v) is 1.46. The summed E-state index contributed by atoms with van der Waals surface area (Å²) >= 11 is 0. The molecule has 0 aliphatic carbocycles. The SMILES string of the molecule is C1CCNC1.Cl.[Cu]. The van der Waals surface area contributed by atoms with E-state index in [1.807, 2.05) is 0 Å². The van der Waals surface area contributed by atoms with Crippen molar-refractivity contribution in [2.45, 2.75) is 12.8 Å². The van der Waals surface area contributed by atoms with E-state index in [1.165, 1.54) is 25.9 Å². The summed E-state index contributed by atoms with van der Waals surface area (Å²) in [6.45, 7) is 2.50. The smallest absolute Gasteiger partial charge is 0 e. The first-order valence-corrected chi connectivity index (χ1v) is 2.21. The Labute approximate surface area is 61.1 Å². The molecule has 0 amide bonds. The van der Waals surface area contributed by atoms with Crippen molar-refractivity contribution in [2.24, 2.45) is 0 Å². The summed E-state index contributed by atoms with van der Waals surface area (Å²) in [4.78, 5) is 0. The third-order valence-corrected chi connectivity index (χ3v) is 0.957. The standard InChI is InChI=1S/C4H9N.ClH.Cu/c1-2-4-5-3-1;;/h5H,1-4H2;1H;. The first kappa shape index (κ1) is 10.7.